The van der Waals surface area contributed by atoms with E-state index in [2.05, 4.69) is 0 Å². The molecule has 0 spiro atoms. The maximum Gasteiger partial charge on any atom is 2.00 e. The molecule has 1 unspecified atom stereocenters. The van der Waals surface area contributed by atoms with Gasteiger partial charge >= 0.3 is 31.3 Å². The molecule has 0 radical (unpaired) electrons. The summed E-state index contributed by atoms with van der Waals surface area (Å²) in [4.78, 5) is 12.2. The minimum atomic E-state index is -2.77. The van der Waals surface area contributed by atoms with E-state index in [4.69, 9.17) is 3.97 Å². The van der Waals surface area contributed by atoms with Crippen molar-refractivity contribution in [2.45, 2.75) is 14.7 Å². The summed E-state index contributed by atoms with van der Waals surface area (Å²) >= 11 is 0. The molecule has 0 amide bonds. The Morgan fingerprint density at radius 1 is 0.708 bits per heavy atom. The van der Waals surface area contributed by atoms with Crippen molar-refractivity contribution in [1.29, 1.82) is 0 Å². The van der Waals surface area contributed by atoms with Gasteiger partial charge in [0.15, 0.2) is 0 Å². The van der Waals surface area contributed by atoms with Gasteiger partial charge in [-0.3, -0.25) is 0 Å². The van der Waals surface area contributed by atoms with Gasteiger partial charge in [0.05, 0.1) is 0 Å². The zero-order chi connectivity index (χ0) is 16.1. The molecule has 1 N–H and O–H groups in total. The van der Waals surface area contributed by atoms with Gasteiger partial charge in [0.2, 0.25) is 0 Å². The molecule has 0 saturated carbocycles. The normalized spacial score (nSPS) is 12.1. The topological polar surface area (TPSA) is 46.5 Å². The Kier molecular flexibility index (Phi) is 6.98. The minimum Gasteiger partial charge on any atom is -1.00 e. The third-order valence-corrected chi connectivity index (χ3v) is 7.61. The Balaban J connectivity index is 0.00000208. The van der Waals surface area contributed by atoms with E-state index in [1.165, 1.54) is 0 Å². The zero-order valence-corrected chi connectivity index (χ0v) is 16.1. The van der Waals surface area contributed by atoms with Crippen LogP contribution in [0.15, 0.2) is 106 Å². The summed E-state index contributed by atoms with van der Waals surface area (Å²) in [5.74, 6) is 0. The van der Waals surface area contributed by atoms with Gasteiger partial charge in [-0.2, -0.15) is 0 Å². The van der Waals surface area contributed by atoms with E-state index in [0.29, 0.717) is 0 Å². The predicted molar refractivity (Wildman–Crippen MR) is 101 cm³/mol. The van der Waals surface area contributed by atoms with Crippen LogP contribution in [0.5, 0.6) is 0 Å². The van der Waals surface area contributed by atoms with Gasteiger partial charge in [-0.25, -0.2) is 0 Å². The van der Waals surface area contributed by atoms with Gasteiger partial charge in [-0.1, -0.05) is 58.6 Å². The average molecular weight is 370 g/mol. The second kappa shape index (κ2) is 8.76. The number of rotatable bonds is 5. The molecule has 0 fully saturated rings. The Bertz CT molecular complexity index is 699. The molecule has 3 aromatic carbocycles. The summed E-state index contributed by atoms with van der Waals surface area (Å²) in [6.07, 6.45) is 0. The van der Waals surface area contributed by atoms with E-state index in [0.717, 1.165) is 14.7 Å². The standard InChI is InChI=1S/C18H15O3PS.Mg.2H/c19-22(20)21-23(16-10-4-1-5-11-16,17-12-6-2-7-13-17)18-14-8-3-9-15-18;;;/h1-15H;;;/q;+2;2*-1/p+1. The molecule has 3 rings (SSSR count). The molecule has 0 aliphatic carbocycles. The van der Waals surface area contributed by atoms with Crippen LogP contribution >= 0.6 is 18.6 Å². The van der Waals surface area contributed by atoms with E-state index in [1.807, 2.05) is 91.0 Å². The van der Waals surface area contributed by atoms with Crippen molar-refractivity contribution in [3.63, 3.8) is 0 Å². The molecule has 120 valence electrons. The van der Waals surface area contributed by atoms with Crippen LogP contribution in [0.2, 0.25) is 0 Å². The van der Waals surface area contributed by atoms with Gasteiger partial charge in [0.1, 0.15) is 0 Å². The van der Waals surface area contributed by atoms with Crippen LogP contribution in [-0.4, -0.2) is 27.9 Å². The van der Waals surface area contributed by atoms with Crippen molar-refractivity contribution in [2.75, 3.05) is 0 Å². The number of hydrogen-bond donors (Lipinski definition) is 1. The number of benzene rings is 3. The number of hydrogen-bond acceptors (Lipinski definition) is 2. The van der Waals surface area contributed by atoms with Gasteiger partial charge in [-0.05, 0) is 36.4 Å². The summed E-state index contributed by atoms with van der Waals surface area (Å²) in [6.45, 7) is 0. The summed E-state index contributed by atoms with van der Waals surface area (Å²) < 4.78 is 17.4. The molecule has 6 heteroatoms. The fourth-order valence-electron chi connectivity index (χ4n) is 2.47. The average Bonchev–Trinajstić information content (AvgIpc) is 2.62. The molecule has 3 aromatic rings. The Morgan fingerprint density at radius 2 is 1.00 bits per heavy atom. The first-order valence-electron chi connectivity index (χ1n) is 7.08. The molecule has 0 saturated heterocycles. The molecule has 3 nitrogen and oxygen atoms in total. The summed E-state index contributed by atoms with van der Waals surface area (Å²) in [7, 11) is -5.04. The van der Waals surface area contributed by atoms with Gasteiger partial charge in [-0.15, -0.1) is 4.89 Å². The van der Waals surface area contributed by atoms with E-state index in [-0.39, 0.29) is 25.9 Å². The van der Waals surface area contributed by atoms with Crippen LogP contribution in [0.1, 0.15) is 2.85 Å². The third-order valence-electron chi connectivity index (χ3n) is 3.40. The monoisotopic (exact) mass is 369 g/mol. The maximum atomic E-state index is 11.7. The first kappa shape index (κ1) is 19.1. The summed E-state index contributed by atoms with van der Waals surface area (Å²) in [6, 6.07) is 28.9. The van der Waals surface area contributed by atoms with Gasteiger partial charge in [0, 0.05) is 29.6 Å². The van der Waals surface area contributed by atoms with Crippen molar-refractivity contribution in [2.24, 2.45) is 0 Å². The van der Waals surface area contributed by atoms with E-state index in [9.17, 15) is 9.46 Å². The first-order valence-corrected chi connectivity index (χ1v) is 9.76. The van der Waals surface area contributed by atoms with Gasteiger partial charge in [0.25, 0.3) is 0 Å². The van der Waals surface area contributed by atoms with Crippen molar-refractivity contribution < 1.29 is 16.3 Å². The molecular weight excluding hydrogens is 352 g/mol. The smallest absolute Gasteiger partial charge is 1.00 e. The summed E-state index contributed by atoms with van der Waals surface area (Å²) in [5.41, 5.74) is 0. The van der Waals surface area contributed by atoms with E-state index in [1.54, 1.807) is 0 Å². The van der Waals surface area contributed by atoms with Crippen LogP contribution in [0.4, 0.5) is 0 Å². The third kappa shape index (κ3) is 3.89. The van der Waals surface area contributed by atoms with E-state index >= 15 is 0 Å². The second-order valence-corrected chi connectivity index (χ2v) is 8.41. The molecular formula is C18H18MgO3PS+. The SMILES string of the molecule is O=[P+](O)OS(c1ccccc1)(c1ccccc1)c1ccccc1.[H-].[H-].[Mg+2]. The van der Waals surface area contributed by atoms with Crippen LogP contribution in [0.25, 0.3) is 0 Å². The molecule has 0 heterocycles. The van der Waals surface area contributed by atoms with E-state index < -0.39 is 18.6 Å². The fraction of sp³-hybridized carbons (Fsp3) is 0. The van der Waals surface area contributed by atoms with Crippen molar-refractivity contribution in [3.05, 3.63) is 91.0 Å². The molecule has 0 bridgehead atoms. The quantitative estimate of drug-likeness (QED) is 0.484. The molecule has 0 aromatic heterocycles. The van der Waals surface area contributed by atoms with Crippen molar-refractivity contribution in [3.8, 4) is 0 Å². The summed E-state index contributed by atoms with van der Waals surface area (Å²) in [5, 5.41) is 0. The second-order valence-electron chi connectivity index (χ2n) is 4.81. The minimum absolute atomic E-state index is 0. The molecule has 0 aliphatic rings. The maximum absolute atomic E-state index is 11.7. The Hall–Kier alpha value is -1.20. The zero-order valence-electron chi connectivity index (χ0n) is 15.0. The Morgan fingerprint density at radius 3 is 1.25 bits per heavy atom. The molecule has 0 aliphatic heterocycles. The Labute approximate surface area is 163 Å². The first-order chi connectivity index (χ1) is 11.2. The molecule has 1 atom stereocenters. The van der Waals surface area contributed by atoms with Crippen LogP contribution < -0.4 is 0 Å². The van der Waals surface area contributed by atoms with Crippen LogP contribution in [0, 0.1) is 0 Å². The largest absolute Gasteiger partial charge is 2.00 e. The predicted octanol–water partition coefficient (Wildman–Crippen LogP) is 5.39. The fourth-order valence-corrected chi connectivity index (χ4v) is 6.71. The van der Waals surface area contributed by atoms with Crippen LogP contribution in [0.3, 0.4) is 0 Å². The van der Waals surface area contributed by atoms with Crippen molar-refractivity contribution in [1.82, 2.24) is 0 Å². The van der Waals surface area contributed by atoms with Crippen LogP contribution in [-0.2, 0) is 8.54 Å². The molecule has 24 heavy (non-hydrogen) atoms. The van der Waals surface area contributed by atoms with Gasteiger partial charge < -0.3 is 2.85 Å². The van der Waals surface area contributed by atoms with Crippen molar-refractivity contribution >= 4 is 41.6 Å².